The maximum absolute atomic E-state index is 12.3. The summed E-state index contributed by atoms with van der Waals surface area (Å²) in [4.78, 5) is 14.8. The molecule has 2 N–H and O–H groups in total. The average molecular weight is 364 g/mol. The van der Waals surface area contributed by atoms with Crippen LogP contribution in [0, 0.1) is 5.92 Å². The molecule has 4 nitrogen and oxygen atoms in total. The molecule has 1 aromatic rings. The largest absolute Gasteiger partial charge is 0.354 e. The second-order valence-corrected chi connectivity index (χ2v) is 7.79. The molecule has 2 saturated heterocycles. The Morgan fingerprint density at radius 2 is 2.04 bits per heavy atom. The number of piperidine rings is 1. The van der Waals surface area contributed by atoms with E-state index in [2.05, 4.69) is 21.6 Å². The number of hydrogen-bond donors (Lipinski definition) is 2. The fourth-order valence-corrected chi connectivity index (χ4v) is 4.23. The van der Waals surface area contributed by atoms with Crippen molar-refractivity contribution in [3.63, 3.8) is 0 Å². The summed E-state index contributed by atoms with van der Waals surface area (Å²) >= 11 is 6.18. The quantitative estimate of drug-likeness (QED) is 0.780. The van der Waals surface area contributed by atoms with Crippen molar-refractivity contribution in [2.45, 2.75) is 44.6 Å². The summed E-state index contributed by atoms with van der Waals surface area (Å²) in [5, 5.41) is 7.32. The Morgan fingerprint density at radius 1 is 1.28 bits per heavy atom. The van der Waals surface area contributed by atoms with Crippen LogP contribution < -0.4 is 10.6 Å². The minimum atomic E-state index is 0.185. The van der Waals surface area contributed by atoms with Crippen molar-refractivity contribution < 1.29 is 4.79 Å². The third-order valence-corrected chi connectivity index (χ3v) is 5.78. The minimum absolute atomic E-state index is 0.185. The predicted molar refractivity (Wildman–Crippen MR) is 103 cm³/mol. The summed E-state index contributed by atoms with van der Waals surface area (Å²) in [6.45, 7) is 5.06. The monoisotopic (exact) mass is 363 g/mol. The Bertz CT molecular complexity index is 554. The lowest BCUT2D eigenvalue weighted by molar-refractivity contribution is -0.121. The van der Waals surface area contributed by atoms with Gasteiger partial charge in [-0.15, -0.1) is 0 Å². The van der Waals surface area contributed by atoms with E-state index in [-0.39, 0.29) is 11.9 Å². The van der Waals surface area contributed by atoms with Gasteiger partial charge < -0.3 is 10.6 Å². The van der Waals surface area contributed by atoms with Crippen LogP contribution in [0.4, 0.5) is 0 Å². The number of halogens is 1. The molecule has 3 rings (SSSR count). The number of hydrogen-bond acceptors (Lipinski definition) is 3. The maximum Gasteiger partial charge on any atom is 0.220 e. The number of carbonyl (C=O) groups excluding carboxylic acids is 1. The van der Waals surface area contributed by atoms with Crippen LogP contribution in [0.5, 0.6) is 0 Å². The molecule has 1 unspecified atom stereocenters. The van der Waals surface area contributed by atoms with Crippen LogP contribution in [-0.2, 0) is 4.79 Å². The van der Waals surface area contributed by atoms with E-state index in [1.165, 1.54) is 31.2 Å². The molecule has 1 atom stereocenters. The average Bonchev–Trinajstić information content (AvgIpc) is 3.15. The number of rotatable bonds is 7. The highest BCUT2D eigenvalue weighted by molar-refractivity contribution is 6.30. The van der Waals surface area contributed by atoms with E-state index in [1.807, 2.05) is 18.2 Å². The topological polar surface area (TPSA) is 44.4 Å². The van der Waals surface area contributed by atoms with Crippen molar-refractivity contribution in [2.24, 2.45) is 5.92 Å². The fourth-order valence-electron chi connectivity index (χ4n) is 4.03. The molecule has 0 bridgehead atoms. The predicted octanol–water partition coefficient (Wildman–Crippen LogP) is 3.37. The van der Waals surface area contributed by atoms with E-state index in [0.29, 0.717) is 18.9 Å². The summed E-state index contributed by atoms with van der Waals surface area (Å²) < 4.78 is 0. The second kappa shape index (κ2) is 9.56. The lowest BCUT2D eigenvalue weighted by atomic mass is 9.93. The molecule has 0 saturated carbocycles. The van der Waals surface area contributed by atoms with Crippen LogP contribution in [-0.4, -0.2) is 43.5 Å². The zero-order chi connectivity index (χ0) is 17.5. The fraction of sp³-hybridized carbons (Fsp3) is 0.650. The van der Waals surface area contributed by atoms with Gasteiger partial charge in [0.05, 0.1) is 6.04 Å². The van der Waals surface area contributed by atoms with Crippen molar-refractivity contribution >= 4 is 17.5 Å². The molecule has 2 aliphatic heterocycles. The zero-order valence-electron chi connectivity index (χ0n) is 15.0. The van der Waals surface area contributed by atoms with Crippen molar-refractivity contribution in [3.05, 3.63) is 34.9 Å². The smallest absolute Gasteiger partial charge is 0.220 e. The molecule has 0 aliphatic carbocycles. The first kappa shape index (κ1) is 18.7. The Kier molecular flexibility index (Phi) is 7.14. The second-order valence-electron chi connectivity index (χ2n) is 7.35. The normalized spacial score (nSPS) is 20.5. The van der Waals surface area contributed by atoms with Gasteiger partial charge in [-0.25, -0.2) is 0 Å². The molecule has 0 spiro atoms. The molecular formula is C20H30ClN3O. The van der Waals surface area contributed by atoms with Crippen molar-refractivity contribution in [1.29, 1.82) is 0 Å². The highest BCUT2D eigenvalue weighted by Gasteiger charge is 2.24. The van der Waals surface area contributed by atoms with Gasteiger partial charge in [0.1, 0.15) is 0 Å². The van der Waals surface area contributed by atoms with E-state index in [1.54, 1.807) is 0 Å². The molecule has 1 amide bonds. The summed E-state index contributed by atoms with van der Waals surface area (Å²) in [5.74, 6) is 0.888. The molecule has 2 fully saturated rings. The Morgan fingerprint density at radius 3 is 2.76 bits per heavy atom. The number of likely N-dealkylation sites (tertiary alicyclic amines) is 1. The van der Waals surface area contributed by atoms with Gasteiger partial charge in [-0.1, -0.05) is 23.7 Å². The van der Waals surface area contributed by atoms with Crippen LogP contribution in [0.2, 0.25) is 5.02 Å². The van der Waals surface area contributed by atoms with Crippen LogP contribution in [0.25, 0.3) is 0 Å². The van der Waals surface area contributed by atoms with Crippen molar-refractivity contribution in [3.8, 4) is 0 Å². The SMILES string of the molecule is O=C(CCC1CCNCC1)NCC(c1cccc(Cl)c1)N1CCCC1. The Labute approximate surface area is 156 Å². The first-order valence-corrected chi connectivity index (χ1v) is 10.1. The van der Waals surface area contributed by atoms with Crippen LogP contribution in [0.3, 0.4) is 0 Å². The summed E-state index contributed by atoms with van der Waals surface area (Å²) in [5.41, 5.74) is 1.20. The summed E-state index contributed by atoms with van der Waals surface area (Å²) in [6.07, 6.45) is 6.53. The minimum Gasteiger partial charge on any atom is -0.354 e. The van der Waals surface area contributed by atoms with Gasteiger partial charge in [-0.3, -0.25) is 9.69 Å². The number of nitrogens with zero attached hydrogens (tertiary/aromatic N) is 1. The van der Waals surface area contributed by atoms with Crippen molar-refractivity contribution in [2.75, 3.05) is 32.7 Å². The summed E-state index contributed by atoms with van der Waals surface area (Å²) in [7, 11) is 0. The highest BCUT2D eigenvalue weighted by Crippen LogP contribution is 2.26. The van der Waals surface area contributed by atoms with Gasteiger partial charge in [0.15, 0.2) is 0 Å². The van der Waals surface area contributed by atoms with Gasteiger partial charge in [0.25, 0.3) is 0 Å². The summed E-state index contributed by atoms with van der Waals surface area (Å²) in [6, 6.07) is 8.29. The molecule has 1 aromatic carbocycles. The number of carbonyl (C=O) groups is 1. The van der Waals surface area contributed by atoms with E-state index in [4.69, 9.17) is 11.6 Å². The van der Waals surface area contributed by atoms with Crippen LogP contribution in [0.1, 0.15) is 50.1 Å². The number of amides is 1. The molecular weight excluding hydrogens is 334 g/mol. The van der Waals surface area contributed by atoms with Crippen molar-refractivity contribution in [1.82, 2.24) is 15.5 Å². The molecule has 2 heterocycles. The molecule has 138 valence electrons. The Balaban J connectivity index is 1.52. The molecule has 25 heavy (non-hydrogen) atoms. The lowest BCUT2D eigenvalue weighted by Gasteiger charge is -2.28. The zero-order valence-corrected chi connectivity index (χ0v) is 15.7. The van der Waals surface area contributed by atoms with E-state index < -0.39 is 0 Å². The molecule has 0 aromatic heterocycles. The third kappa shape index (κ3) is 5.70. The third-order valence-electron chi connectivity index (χ3n) is 5.55. The lowest BCUT2D eigenvalue weighted by Crippen LogP contribution is -2.37. The van der Waals surface area contributed by atoms with Crippen LogP contribution >= 0.6 is 11.6 Å². The van der Waals surface area contributed by atoms with E-state index in [0.717, 1.165) is 37.6 Å². The standard InChI is InChI=1S/C20H30ClN3O/c21-18-5-3-4-17(14-18)19(24-12-1-2-13-24)15-23-20(25)7-6-16-8-10-22-11-9-16/h3-5,14,16,19,22H,1-2,6-13,15H2,(H,23,25). The van der Waals surface area contributed by atoms with Gasteiger partial charge in [0.2, 0.25) is 5.91 Å². The van der Waals surface area contributed by atoms with E-state index in [9.17, 15) is 4.79 Å². The number of benzene rings is 1. The van der Waals surface area contributed by atoms with Gasteiger partial charge in [0, 0.05) is 18.0 Å². The highest BCUT2D eigenvalue weighted by atomic mass is 35.5. The molecule has 5 heteroatoms. The van der Waals surface area contributed by atoms with E-state index >= 15 is 0 Å². The first-order chi connectivity index (χ1) is 12.2. The Hall–Kier alpha value is -1.10. The first-order valence-electron chi connectivity index (χ1n) is 9.69. The molecule has 2 aliphatic rings. The van der Waals surface area contributed by atoms with Gasteiger partial charge in [-0.05, 0) is 81.9 Å². The van der Waals surface area contributed by atoms with Crippen LogP contribution in [0.15, 0.2) is 24.3 Å². The van der Waals surface area contributed by atoms with Gasteiger partial charge >= 0.3 is 0 Å². The maximum atomic E-state index is 12.3. The molecule has 0 radical (unpaired) electrons. The van der Waals surface area contributed by atoms with Gasteiger partial charge in [-0.2, -0.15) is 0 Å². The number of nitrogens with one attached hydrogen (secondary N) is 2.